The van der Waals surface area contributed by atoms with Gasteiger partial charge in [0.25, 0.3) is 0 Å². The van der Waals surface area contributed by atoms with Gasteiger partial charge in [0.15, 0.2) is 0 Å². The van der Waals surface area contributed by atoms with E-state index < -0.39 is 12.2 Å². The first-order chi connectivity index (χ1) is 14.7. The molecule has 2 aromatic carbocycles. The van der Waals surface area contributed by atoms with E-state index in [1.807, 2.05) is 60.9 Å². The number of benzene rings is 2. The van der Waals surface area contributed by atoms with Crippen LogP contribution < -0.4 is 16.0 Å². The van der Waals surface area contributed by atoms with E-state index >= 15 is 0 Å². The summed E-state index contributed by atoms with van der Waals surface area (Å²) >= 11 is 0. The second-order valence-corrected chi connectivity index (χ2v) is 7.31. The third kappa shape index (κ3) is 4.06. The summed E-state index contributed by atoms with van der Waals surface area (Å²) in [4.78, 5) is 30.6. The normalized spacial score (nSPS) is 13.2. The highest BCUT2D eigenvalue weighted by atomic mass is 16.2. The highest BCUT2D eigenvalue weighted by Crippen LogP contribution is 2.20. The molecule has 0 aliphatic heterocycles. The zero-order chi connectivity index (χ0) is 20.9. The molecule has 2 aromatic heterocycles. The predicted molar refractivity (Wildman–Crippen MR) is 118 cm³/mol. The molecule has 0 unspecified atom stereocenters. The molecule has 4 rings (SSSR count). The Morgan fingerprint density at radius 1 is 0.933 bits per heavy atom. The van der Waals surface area contributed by atoms with Gasteiger partial charge in [-0.2, -0.15) is 0 Å². The van der Waals surface area contributed by atoms with E-state index in [4.69, 9.17) is 0 Å². The summed E-state index contributed by atoms with van der Waals surface area (Å²) in [7, 11) is 1.76. The van der Waals surface area contributed by atoms with Gasteiger partial charge in [-0.15, -0.1) is 0 Å². The summed E-state index contributed by atoms with van der Waals surface area (Å²) in [6, 6.07) is 15.5. The number of nitrogens with one attached hydrogen (secondary N) is 5. The Morgan fingerprint density at radius 3 is 2.07 bits per heavy atom. The quantitative estimate of drug-likeness (QED) is 0.219. The number of likely N-dealkylation sites (N-methyl/N-ethyl adjacent to an activating group) is 1. The average Bonchev–Trinajstić information content (AvgIpc) is 3.36. The van der Waals surface area contributed by atoms with Crippen LogP contribution in [-0.2, 0) is 22.4 Å². The van der Waals surface area contributed by atoms with Crippen molar-refractivity contribution in [2.75, 3.05) is 7.05 Å². The van der Waals surface area contributed by atoms with Crippen LogP contribution in [0.1, 0.15) is 11.1 Å². The van der Waals surface area contributed by atoms with Crippen LogP contribution in [-0.4, -0.2) is 41.5 Å². The van der Waals surface area contributed by atoms with Crippen molar-refractivity contribution in [2.45, 2.75) is 25.0 Å². The Bertz CT molecular complexity index is 1160. The van der Waals surface area contributed by atoms with Gasteiger partial charge < -0.3 is 25.9 Å². The van der Waals surface area contributed by atoms with E-state index in [1.165, 1.54) is 0 Å². The Balaban J connectivity index is 1.47. The number of carbonyl (C=O) groups excluding carboxylic acids is 2. The summed E-state index contributed by atoms with van der Waals surface area (Å²) in [5.74, 6) is -0.165. The second-order valence-electron chi connectivity index (χ2n) is 7.31. The van der Waals surface area contributed by atoms with Crippen LogP contribution >= 0.6 is 0 Å². The molecule has 2 atom stereocenters. The van der Waals surface area contributed by atoms with Crippen molar-refractivity contribution in [1.29, 1.82) is 0 Å². The van der Waals surface area contributed by atoms with Crippen molar-refractivity contribution >= 4 is 34.1 Å². The highest BCUT2D eigenvalue weighted by molar-refractivity contribution is 5.87. The number of aromatic nitrogens is 2. The van der Waals surface area contributed by atoms with E-state index in [1.54, 1.807) is 7.05 Å². The highest BCUT2D eigenvalue weighted by Gasteiger charge is 2.22. The summed E-state index contributed by atoms with van der Waals surface area (Å²) in [6.45, 7) is 0. The molecule has 2 heterocycles. The first-order valence-corrected chi connectivity index (χ1v) is 9.97. The Hall–Kier alpha value is -3.58. The molecule has 4 aromatic rings. The van der Waals surface area contributed by atoms with Gasteiger partial charge in [-0.1, -0.05) is 36.4 Å². The lowest BCUT2D eigenvalue weighted by Gasteiger charge is -2.22. The second kappa shape index (κ2) is 8.84. The summed E-state index contributed by atoms with van der Waals surface area (Å²) in [6.07, 6.45) is 4.99. The van der Waals surface area contributed by atoms with E-state index in [-0.39, 0.29) is 5.91 Å². The van der Waals surface area contributed by atoms with Gasteiger partial charge in [0, 0.05) is 40.6 Å². The summed E-state index contributed by atoms with van der Waals surface area (Å²) in [5.41, 5.74) is 4.17. The van der Waals surface area contributed by atoms with Gasteiger partial charge in [-0.3, -0.25) is 9.59 Å². The van der Waals surface area contributed by atoms with Crippen LogP contribution in [0, 0.1) is 0 Å². The standard InChI is InChI=1S/C23H25N5O2/c1-24-21(10-15-12-25-19-8-4-2-6-17(15)19)23(30)28-22(27-14-29)11-16-13-26-20-9-5-3-7-18(16)20/h2-9,12-14,21-22,24-26H,10-11H2,1H3,(H,27,29)(H,28,30)/t21-,22-/m1/s1. The smallest absolute Gasteiger partial charge is 0.239 e. The van der Waals surface area contributed by atoms with E-state index in [2.05, 4.69) is 25.9 Å². The Labute approximate surface area is 174 Å². The number of carbonyl (C=O) groups is 2. The van der Waals surface area contributed by atoms with Crippen LogP contribution in [0.25, 0.3) is 21.8 Å². The van der Waals surface area contributed by atoms with Crippen LogP contribution in [0.5, 0.6) is 0 Å². The van der Waals surface area contributed by atoms with E-state index in [9.17, 15) is 9.59 Å². The van der Waals surface area contributed by atoms with Crippen molar-refractivity contribution in [3.63, 3.8) is 0 Å². The zero-order valence-electron chi connectivity index (χ0n) is 16.7. The van der Waals surface area contributed by atoms with Crippen molar-refractivity contribution in [3.05, 3.63) is 72.1 Å². The van der Waals surface area contributed by atoms with Gasteiger partial charge in [0.1, 0.15) is 6.17 Å². The van der Waals surface area contributed by atoms with Gasteiger partial charge in [-0.25, -0.2) is 0 Å². The van der Waals surface area contributed by atoms with Gasteiger partial charge >= 0.3 is 0 Å². The molecule has 7 heteroatoms. The SMILES string of the molecule is CN[C@H](Cc1c[nH]c2ccccc12)C(=O)N[C@H](Cc1c[nH]c2ccccc12)NC=O. The molecule has 0 aliphatic carbocycles. The van der Waals surface area contributed by atoms with Crippen LogP contribution in [0.4, 0.5) is 0 Å². The monoisotopic (exact) mass is 403 g/mol. The number of fused-ring (bicyclic) bond motifs is 2. The fraction of sp³-hybridized carbons (Fsp3) is 0.217. The molecule has 7 nitrogen and oxygen atoms in total. The minimum Gasteiger partial charge on any atom is -0.361 e. The lowest BCUT2D eigenvalue weighted by atomic mass is 10.0. The molecular formula is C23H25N5O2. The molecule has 5 N–H and O–H groups in total. The minimum absolute atomic E-state index is 0.165. The number of rotatable bonds is 9. The van der Waals surface area contributed by atoms with Gasteiger partial charge in [-0.05, 0) is 36.7 Å². The van der Waals surface area contributed by atoms with Gasteiger partial charge in [0.05, 0.1) is 6.04 Å². The lowest BCUT2D eigenvalue weighted by Crippen LogP contribution is -2.53. The number of hydrogen-bond acceptors (Lipinski definition) is 3. The molecule has 0 saturated heterocycles. The number of para-hydroxylation sites is 2. The zero-order valence-corrected chi connectivity index (χ0v) is 16.7. The number of hydrogen-bond donors (Lipinski definition) is 5. The fourth-order valence-electron chi connectivity index (χ4n) is 3.87. The summed E-state index contributed by atoms with van der Waals surface area (Å²) < 4.78 is 0. The molecule has 0 fully saturated rings. The van der Waals surface area contributed by atoms with E-state index in [0.717, 1.165) is 32.9 Å². The van der Waals surface area contributed by atoms with Crippen molar-refractivity contribution in [2.24, 2.45) is 0 Å². The van der Waals surface area contributed by atoms with Crippen LogP contribution in [0.2, 0.25) is 0 Å². The third-order valence-corrected chi connectivity index (χ3v) is 5.45. The van der Waals surface area contributed by atoms with Crippen LogP contribution in [0.15, 0.2) is 60.9 Å². The number of aromatic amines is 2. The first-order valence-electron chi connectivity index (χ1n) is 9.97. The largest absolute Gasteiger partial charge is 0.361 e. The maximum Gasteiger partial charge on any atom is 0.239 e. The molecule has 0 saturated carbocycles. The maximum absolute atomic E-state index is 13.0. The minimum atomic E-state index is -0.506. The lowest BCUT2D eigenvalue weighted by molar-refractivity contribution is -0.124. The predicted octanol–water partition coefficient (Wildman–Crippen LogP) is 2.21. The van der Waals surface area contributed by atoms with Crippen molar-refractivity contribution in [1.82, 2.24) is 25.9 Å². The number of H-pyrrole nitrogens is 2. The van der Waals surface area contributed by atoms with Crippen molar-refractivity contribution < 1.29 is 9.59 Å². The van der Waals surface area contributed by atoms with Crippen molar-refractivity contribution in [3.8, 4) is 0 Å². The first kappa shape index (κ1) is 19.7. The van der Waals surface area contributed by atoms with Crippen LogP contribution in [0.3, 0.4) is 0 Å². The van der Waals surface area contributed by atoms with E-state index in [0.29, 0.717) is 19.3 Å². The topological polar surface area (TPSA) is 102 Å². The molecule has 0 spiro atoms. The third-order valence-electron chi connectivity index (χ3n) is 5.45. The molecule has 154 valence electrons. The number of amides is 2. The summed E-state index contributed by atoms with van der Waals surface area (Å²) in [5, 5.41) is 11.0. The molecule has 0 bridgehead atoms. The average molecular weight is 403 g/mol. The Morgan fingerprint density at radius 2 is 1.50 bits per heavy atom. The molecule has 0 radical (unpaired) electrons. The van der Waals surface area contributed by atoms with Gasteiger partial charge in [0.2, 0.25) is 12.3 Å². The molecule has 2 amide bonds. The molecular weight excluding hydrogens is 378 g/mol. The molecule has 30 heavy (non-hydrogen) atoms. The molecule has 0 aliphatic rings. The Kier molecular flexibility index (Phi) is 5.81. The fourth-order valence-corrected chi connectivity index (χ4v) is 3.87. The maximum atomic E-state index is 13.0.